The van der Waals surface area contributed by atoms with E-state index in [1.54, 1.807) is 0 Å². The van der Waals surface area contributed by atoms with Gasteiger partial charge in [0.05, 0.1) is 75.9 Å². The van der Waals surface area contributed by atoms with Crippen LogP contribution in [0.1, 0.15) is 0 Å². The summed E-state index contributed by atoms with van der Waals surface area (Å²) in [6.07, 6.45) is -37.7. The van der Waals surface area contributed by atoms with Gasteiger partial charge in [0.15, 0.2) is 37.7 Å². The van der Waals surface area contributed by atoms with Gasteiger partial charge in [-0.1, -0.05) is 0 Å². The number of aliphatic hydroxyl groups excluding tert-OH is 12. The number of hydrogen-bond acceptors (Lipinski definition) is 30. The molecule has 0 unspecified atom stereocenters. The van der Waals surface area contributed by atoms with Crippen molar-refractivity contribution < 1.29 is 118 Å². The molecule has 0 aliphatic carbocycles. The summed E-state index contributed by atoms with van der Waals surface area (Å²) in [5.74, 6) is 0. The van der Waals surface area contributed by atoms with Crippen LogP contribution in [0.2, 0.25) is 0 Å². The highest BCUT2D eigenvalue weighted by atomic mass is 16.8. The van der Waals surface area contributed by atoms with Gasteiger partial charge in [0.1, 0.15) is 110 Å². The lowest BCUT2D eigenvalue weighted by atomic mass is 9.96. The first kappa shape index (κ1) is 52.6. The van der Waals surface area contributed by atoms with Crippen LogP contribution in [0, 0.1) is 0 Å². The van der Waals surface area contributed by atoms with Gasteiger partial charge in [-0.15, -0.1) is 0 Å². The molecule has 30 atom stereocenters. The summed E-state index contributed by atoms with van der Waals surface area (Å²) in [6.45, 7) is -3.50. The molecule has 30 heteroatoms. The molecular weight excluding hydrogens is 900 g/mol. The summed E-state index contributed by atoms with van der Waals surface area (Å²) in [7, 11) is 0. The van der Waals surface area contributed by atoms with Crippen molar-refractivity contribution in [3.63, 3.8) is 0 Å². The summed E-state index contributed by atoms with van der Waals surface area (Å²) in [5.41, 5.74) is 36.8. The van der Waals surface area contributed by atoms with E-state index in [9.17, 15) is 61.3 Å². The molecule has 24 N–H and O–H groups in total. The van der Waals surface area contributed by atoms with Crippen molar-refractivity contribution in [1.29, 1.82) is 0 Å². The van der Waals surface area contributed by atoms with E-state index in [0.29, 0.717) is 0 Å². The van der Waals surface area contributed by atoms with Gasteiger partial charge in [-0.2, -0.15) is 0 Å². The van der Waals surface area contributed by atoms with Gasteiger partial charge < -0.3 is 153 Å². The molecule has 0 aromatic rings. The van der Waals surface area contributed by atoms with Crippen LogP contribution in [0.4, 0.5) is 0 Å². The van der Waals surface area contributed by atoms with Crippen molar-refractivity contribution in [3.05, 3.63) is 0 Å². The largest absolute Gasteiger partial charge is 0.388 e. The molecule has 7 aliphatic heterocycles. The third-order valence-corrected chi connectivity index (χ3v) is 13.0. The lowest BCUT2D eigenvalue weighted by molar-refractivity contribution is -0.329. The van der Waals surface area contributed by atoms with Crippen molar-refractivity contribution in [1.82, 2.24) is 0 Å². The van der Waals surface area contributed by atoms with Crippen LogP contribution in [0.15, 0.2) is 0 Å². The third kappa shape index (κ3) is 10.8. The van der Waals surface area contributed by atoms with E-state index in [0.717, 1.165) is 0 Å². The van der Waals surface area contributed by atoms with Crippen LogP contribution < -0.4 is 34.4 Å². The highest BCUT2D eigenvalue weighted by Gasteiger charge is 2.52. The predicted octanol–water partition coefficient (Wildman–Crippen LogP) is -13.3. The van der Waals surface area contributed by atoms with Gasteiger partial charge in [0, 0.05) is 0 Å². The van der Waals surface area contributed by atoms with Gasteiger partial charge in [0.2, 0.25) is 0 Å². The molecule has 7 aliphatic rings. The second-order valence-corrected chi connectivity index (χ2v) is 17.6. The van der Waals surface area contributed by atoms with E-state index >= 15 is 0 Å². The molecule has 12 bridgehead atoms. The molecule has 0 radical (unpaired) electrons. The van der Waals surface area contributed by atoms with Crippen molar-refractivity contribution >= 4 is 0 Å². The standard InChI is InChI=1S/C36H66N6O24/c37-13-26(50)20(44)8-2-57-33-15(39)28(52)22(46)10(64-33)4-59-35-17(41)30(54)24(48)12(66-35)6-60-36-18(42)29(53)23(47)11(65-36)5-58-34-16(40)27(51)21(45)9(63-34)3-56-32-14(38)25(49)19(43)7(61-32)1-55-31(13)62-8/h7-36,43-54H,1-6,37-42H2/t7-,8-,9-,10-,11-,12-,13-,14-,15-,16-,17-,18-,19-,20-,21-,22-,23-,24-,25-,26-,27-,28-,29-,30-,31-,32-,33-,34-,35-,36-/m1/s1. The van der Waals surface area contributed by atoms with E-state index in [4.69, 9.17) is 91.2 Å². The van der Waals surface area contributed by atoms with Crippen molar-refractivity contribution in [2.24, 2.45) is 34.4 Å². The van der Waals surface area contributed by atoms with Crippen LogP contribution in [-0.2, 0) is 56.8 Å². The minimum Gasteiger partial charge on any atom is -0.388 e. The van der Waals surface area contributed by atoms with Crippen molar-refractivity contribution in [2.45, 2.75) is 184 Å². The Labute approximate surface area is 375 Å². The summed E-state index contributed by atoms with van der Waals surface area (Å²) >= 11 is 0. The zero-order valence-corrected chi connectivity index (χ0v) is 35.3. The number of aliphatic hydroxyl groups is 12. The highest BCUT2D eigenvalue weighted by Crippen LogP contribution is 2.31. The third-order valence-electron chi connectivity index (χ3n) is 13.0. The zero-order chi connectivity index (χ0) is 48.0. The molecule has 0 spiro atoms. The predicted molar refractivity (Wildman–Crippen MR) is 208 cm³/mol. The van der Waals surface area contributed by atoms with Crippen LogP contribution in [-0.4, -0.2) is 285 Å². The Morgan fingerprint density at radius 1 is 0.212 bits per heavy atom. The van der Waals surface area contributed by atoms with Gasteiger partial charge in [-0.3, -0.25) is 0 Å². The fourth-order valence-electron chi connectivity index (χ4n) is 8.58. The van der Waals surface area contributed by atoms with E-state index < -0.39 is 224 Å². The Balaban J connectivity index is 1.11. The van der Waals surface area contributed by atoms with Crippen LogP contribution in [0.5, 0.6) is 0 Å². The van der Waals surface area contributed by atoms with Crippen molar-refractivity contribution in [2.75, 3.05) is 39.6 Å². The summed E-state index contributed by atoms with van der Waals surface area (Å²) in [6, 6.07) is -8.38. The Morgan fingerprint density at radius 2 is 0.333 bits per heavy atom. The molecule has 0 amide bonds. The average Bonchev–Trinajstić information content (AvgIpc) is 3.30. The number of fused-ring (bicyclic) bond motifs is 12. The molecule has 7 heterocycles. The average molecular weight is 967 g/mol. The smallest absolute Gasteiger partial charge is 0.175 e. The molecule has 384 valence electrons. The normalized spacial score (nSPS) is 56.5. The molecule has 7 saturated heterocycles. The zero-order valence-electron chi connectivity index (χ0n) is 35.3. The molecule has 7 fully saturated rings. The minimum atomic E-state index is -1.69. The van der Waals surface area contributed by atoms with E-state index in [1.165, 1.54) is 0 Å². The highest BCUT2D eigenvalue weighted by molar-refractivity contribution is 4.99. The first-order valence-corrected chi connectivity index (χ1v) is 21.5. The van der Waals surface area contributed by atoms with Gasteiger partial charge in [0.25, 0.3) is 0 Å². The first-order chi connectivity index (χ1) is 31.2. The number of hydrogen-bond donors (Lipinski definition) is 18. The molecule has 0 saturated carbocycles. The SMILES string of the molecule is N[C@H]1[C@@H]2OC[C@H]3O[C@@H](OC[C@H]4O[C@@H](OC[C@H]5O[C@@H](OC[C@H]6O[C@@H](OC[C@H]7O[C@@H](OC[C@@H](O2)[C@@H](O)[C@@H]1O)[C@H](N)[C@@H](O)[C@@H]7O)[C@H](N)[C@@H](O)[C@@H]6O)[C@H](N)[C@@H](O)[C@@H]5O)[C@H](N)[C@@H](O)[C@@H]4O)[C@H](N)[C@@H](O)[C@@H]3O. The van der Waals surface area contributed by atoms with E-state index in [-0.39, 0.29) is 0 Å². The van der Waals surface area contributed by atoms with Gasteiger partial charge in [-0.25, -0.2) is 0 Å². The summed E-state index contributed by atoms with van der Waals surface area (Å²) < 4.78 is 69.6. The molecule has 66 heavy (non-hydrogen) atoms. The summed E-state index contributed by atoms with van der Waals surface area (Å²) in [4.78, 5) is 0. The van der Waals surface area contributed by atoms with Crippen LogP contribution in [0.3, 0.4) is 0 Å². The maximum Gasteiger partial charge on any atom is 0.175 e. The summed E-state index contributed by atoms with van der Waals surface area (Å²) in [5, 5.41) is 130. The fraction of sp³-hybridized carbons (Fsp3) is 1.00. The van der Waals surface area contributed by atoms with E-state index in [2.05, 4.69) is 0 Å². The fourth-order valence-corrected chi connectivity index (χ4v) is 8.58. The van der Waals surface area contributed by atoms with Crippen LogP contribution in [0.25, 0.3) is 0 Å². The minimum absolute atomic E-state index is 0.584. The quantitative estimate of drug-likeness (QED) is 0.107. The topological polar surface area (TPSA) is 510 Å². The Kier molecular flexibility index (Phi) is 17.6. The monoisotopic (exact) mass is 966 g/mol. The Hall–Kier alpha value is -1.20. The molecule has 30 nitrogen and oxygen atoms in total. The Bertz CT molecular complexity index is 1170. The Morgan fingerprint density at radius 3 is 0.455 bits per heavy atom. The number of nitrogens with two attached hydrogens (primary N) is 6. The molecule has 0 aromatic heterocycles. The number of rotatable bonds is 0. The van der Waals surface area contributed by atoms with Crippen LogP contribution >= 0.6 is 0 Å². The lowest BCUT2D eigenvalue weighted by Crippen LogP contribution is -2.67. The van der Waals surface area contributed by atoms with Gasteiger partial charge in [-0.05, 0) is 0 Å². The first-order valence-electron chi connectivity index (χ1n) is 21.5. The second kappa shape index (κ2) is 22.1. The maximum absolute atomic E-state index is 10.9. The number of ether oxygens (including phenoxy) is 12. The second-order valence-electron chi connectivity index (χ2n) is 17.6. The molecular formula is C36H66N6O24. The lowest BCUT2D eigenvalue weighted by Gasteiger charge is -2.46. The van der Waals surface area contributed by atoms with Gasteiger partial charge >= 0.3 is 0 Å². The molecule has 0 aromatic carbocycles. The molecule has 7 rings (SSSR count). The van der Waals surface area contributed by atoms with Crippen molar-refractivity contribution in [3.8, 4) is 0 Å². The van der Waals surface area contributed by atoms with E-state index in [1.807, 2.05) is 0 Å². The maximum atomic E-state index is 10.9.